The fourth-order valence-electron chi connectivity index (χ4n) is 3.42. The summed E-state index contributed by atoms with van der Waals surface area (Å²) >= 11 is 5.92. The third-order valence-electron chi connectivity index (χ3n) is 4.92. The average molecular weight is 435 g/mol. The Morgan fingerprint density at radius 2 is 1.83 bits per heavy atom. The zero-order chi connectivity index (χ0) is 21.4. The van der Waals surface area contributed by atoms with E-state index in [-0.39, 0.29) is 22.7 Å². The number of hydrogen-bond donors (Lipinski definition) is 1. The zero-order valence-electron chi connectivity index (χ0n) is 15.6. The lowest BCUT2D eigenvalue weighted by molar-refractivity contribution is 0.0277. The van der Waals surface area contributed by atoms with Crippen LogP contribution in [0.4, 0.5) is 13.6 Å². The van der Waals surface area contributed by atoms with Crippen LogP contribution in [0.2, 0.25) is 5.02 Å². The van der Waals surface area contributed by atoms with Crippen LogP contribution < -0.4 is 10.5 Å². The SMILES string of the molecule is NC(=O)c1cc(OC2CN(C(=O)N3N=CC[C@H]3c3cc(F)cc(F)c3)C2)ccc1Cl. The summed E-state index contributed by atoms with van der Waals surface area (Å²) in [6.07, 6.45) is 1.62. The van der Waals surface area contributed by atoms with Crippen molar-refractivity contribution in [1.29, 1.82) is 0 Å². The molecular weight excluding hydrogens is 418 g/mol. The fraction of sp³-hybridized carbons (Fsp3) is 0.250. The van der Waals surface area contributed by atoms with Gasteiger partial charge in [0.15, 0.2) is 0 Å². The number of primary amides is 1. The minimum absolute atomic E-state index is 0.151. The Morgan fingerprint density at radius 3 is 2.50 bits per heavy atom. The van der Waals surface area contributed by atoms with Crippen molar-refractivity contribution in [2.45, 2.75) is 18.6 Å². The first-order valence-electron chi connectivity index (χ1n) is 9.14. The molecule has 1 saturated heterocycles. The summed E-state index contributed by atoms with van der Waals surface area (Å²) in [6.45, 7) is 0.591. The van der Waals surface area contributed by atoms with E-state index in [0.29, 0.717) is 30.8 Å². The second-order valence-corrected chi connectivity index (χ2v) is 7.44. The van der Waals surface area contributed by atoms with Crippen molar-refractivity contribution in [3.8, 4) is 5.75 Å². The van der Waals surface area contributed by atoms with E-state index in [2.05, 4.69) is 5.10 Å². The summed E-state index contributed by atoms with van der Waals surface area (Å²) in [7, 11) is 0. The summed E-state index contributed by atoms with van der Waals surface area (Å²) in [6, 6.07) is 6.80. The topological polar surface area (TPSA) is 88.2 Å². The smallest absolute Gasteiger partial charge is 0.341 e. The van der Waals surface area contributed by atoms with Gasteiger partial charge in [0.2, 0.25) is 5.91 Å². The number of amides is 3. The van der Waals surface area contributed by atoms with Crippen LogP contribution in [-0.2, 0) is 0 Å². The van der Waals surface area contributed by atoms with Crippen LogP contribution in [0.25, 0.3) is 0 Å². The molecule has 0 saturated carbocycles. The summed E-state index contributed by atoms with van der Waals surface area (Å²) in [4.78, 5) is 25.7. The summed E-state index contributed by atoms with van der Waals surface area (Å²) < 4.78 is 32.9. The van der Waals surface area contributed by atoms with Gasteiger partial charge in [-0.15, -0.1) is 0 Å². The molecule has 0 radical (unpaired) electrons. The van der Waals surface area contributed by atoms with Crippen LogP contribution in [0.5, 0.6) is 5.75 Å². The molecule has 2 N–H and O–H groups in total. The molecule has 1 fully saturated rings. The molecule has 3 amide bonds. The number of benzene rings is 2. The van der Waals surface area contributed by atoms with Crippen LogP contribution in [-0.4, -0.2) is 47.3 Å². The van der Waals surface area contributed by atoms with E-state index in [1.54, 1.807) is 6.07 Å². The maximum atomic E-state index is 13.6. The molecule has 1 atom stereocenters. The maximum absolute atomic E-state index is 13.6. The second kappa shape index (κ2) is 7.91. The lowest BCUT2D eigenvalue weighted by atomic mass is 10.0. The molecule has 30 heavy (non-hydrogen) atoms. The Morgan fingerprint density at radius 1 is 1.13 bits per heavy atom. The van der Waals surface area contributed by atoms with Crippen LogP contribution in [0.3, 0.4) is 0 Å². The van der Waals surface area contributed by atoms with E-state index in [0.717, 1.165) is 6.07 Å². The zero-order valence-corrected chi connectivity index (χ0v) is 16.4. The van der Waals surface area contributed by atoms with Crippen LogP contribution >= 0.6 is 11.6 Å². The molecule has 2 heterocycles. The number of hydrazone groups is 1. The molecule has 2 aromatic carbocycles. The first-order chi connectivity index (χ1) is 14.3. The number of ether oxygens (including phenoxy) is 1. The van der Waals surface area contributed by atoms with Gasteiger partial charge in [-0.3, -0.25) is 4.79 Å². The normalized spacial score (nSPS) is 18.4. The first kappa shape index (κ1) is 20.1. The average Bonchev–Trinajstić information content (AvgIpc) is 3.14. The van der Waals surface area contributed by atoms with Gasteiger partial charge in [-0.1, -0.05) is 11.6 Å². The van der Waals surface area contributed by atoms with Crippen molar-refractivity contribution >= 4 is 29.8 Å². The molecule has 2 aliphatic rings. The fourth-order valence-corrected chi connectivity index (χ4v) is 3.63. The molecule has 2 aliphatic heterocycles. The van der Waals surface area contributed by atoms with E-state index >= 15 is 0 Å². The molecule has 0 bridgehead atoms. The third kappa shape index (κ3) is 3.93. The van der Waals surface area contributed by atoms with Crippen LogP contribution in [0.1, 0.15) is 28.4 Å². The molecule has 0 unspecified atom stereocenters. The van der Waals surface area contributed by atoms with Gasteiger partial charge in [0, 0.05) is 18.7 Å². The van der Waals surface area contributed by atoms with E-state index in [1.165, 1.54) is 40.4 Å². The van der Waals surface area contributed by atoms with Gasteiger partial charge < -0.3 is 15.4 Å². The Bertz CT molecular complexity index is 1020. The van der Waals surface area contributed by atoms with Crippen molar-refractivity contribution in [2.75, 3.05) is 13.1 Å². The van der Waals surface area contributed by atoms with Gasteiger partial charge in [0.25, 0.3) is 0 Å². The number of urea groups is 1. The Labute approximate surface area is 175 Å². The largest absolute Gasteiger partial charge is 0.487 e. The Kier molecular flexibility index (Phi) is 5.29. The number of carbonyl (C=O) groups excluding carboxylic acids is 2. The van der Waals surface area contributed by atoms with Crippen LogP contribution in [0.15, 0.2) is 41.5 Å². The van der Waals surface area contributed by atoms with Crippen molar-refractivity contribution in [2.24, 2.45) is 10.8 Å². The predicted molar refractivity (Wildman–Crippen MR) is 105 cm³/mol. The number of likely N-dealkylation sites (tertiary alicyclic amines) is 1. The highest BCUT2D eigenvalue weighted by Crippen LogP contribution is 2.32. The third-order valence-corrected chi connectivity index (χ3v) is 5.25. The quantitative estimate of drug-likeness (QED) is 0.800. The molecule has 0 spiro atoms. The van der Waals surface area contributed by atoms with Crippen molar-refractivity contribution in [3.63, 3.8) is 0 Å². The number of hydrogen-bond acceptors (Lipinski definition) is 4. The number of nitrogens with two attached hydrogens (primary N) is 1. The van der Waals surface area contributed by atoms with Gasteiger partial charge in [-0.25, -0.2) is 18.6 Å². The number of halogens is 3. The summed E-state index contributed by atoms with van der Waals surface area (Å²) in [5.74, 6) is -1.67. The molecular formula is C20H17ClF2N4O3. The van der Waals surface area contributed by atoms with E-state index < -0.39 is 23.6 Å². The molecule has 0 aromatic heterocycles. The minimum atomic E-state index is -0.708. The van der Waals surface area contributed by atoms with Gasteiger partial charge >= 0.3 is 6.03 Å². The highest BCUT2D eigenvalue weighted by atomic mass is 35.5. The Hall–Kier alpha value is -3.20. The number of nitrogens with zero attached hydrogens (tertiary/aromatic N) is 3. The van der Waals surface area contributed by atoms with Gasteiger partial charge in [0.05, 0.1) is 29.7 Å². The predicted octanol–water partition coefficient (Wildman–Crippen LogP) is 3.33. The van der Waals surface area contributed by atoms with Gasteiger partial charge in [-0.2, -0.15) is 5.10 Å². The van der Waals surface area contributed by atoms with Crippen LogP contribution in [0, 0.1) is 11.6 Å². The molecule has 10 heteroatoms. The van der Waals surface area contributed by atoms with Gasteiger partial charge in [-0.05, 0) is 35.9 Å². The maximum Gasteiger partial charge on any atom is 0.341 e. The monoisotopic (exact) mass is 434 g/mol. The molecule has 156 valence electrons. The van der Waals surface area contributed by atoms with Crippen molar-refractivity contribution in [3.05, 3.63) is 64.2 Å². The Balaban J connectivity index is 1.38. The highest BCUT2D eigenvalue weighted by molar-refractivity contribution is 6.33. The molecule has 0 aliphatic carbocycles. The van der Waals surface area contributed by atoms with Gasteiger partial charge in [0.1, 0.15) is 23.5 Å². The minimum Gasteiger partial charge on any atom is -0.487 e. The van der Waals surface area contributed by atoms with Crippen molar-refractivity contribution < 1.29 is 23.1 Å². The molecule has 2 aromatic rings. The standard InChI is InChI=1S/C20H17ClF2N4O3/c21-17-2-1-14(8-16(17)19(24)28)30-15-9-26(10-15)20(29)27-18(3-4-25-27)11-5-12(22)7-13(23)6-11/h1-2,4-8,15,18H,3,9-10H2,(H2,24,28)/t18-/m0/s1. The number of carbonyl (C=O) groups is 2. The molecule has 4 rings (SSSR count). The van der Waals surface area contributed by atoms with E-state index in [4.69, 9.17) is 22.1 Å². The molecule has 7 nitrogen and oxygen atoms in total. The second-order valence-electron chi connectivity index (χ2n) is 7.03. The van der Waals surface area contributed by atoms with E-state index in [9.17, 15) is 18.4 Å². The summed E-state index contributed by atoms with van der Waals surface area (Å²) in [5, 5.41) is 5.52. The van der Waals surface area contributed by atoms with E-state index in [1.807, 2.05) is 0 Å². The number of rotatable bonds is 4. The summed E-state index contributed by atoms with van der Waals surface area (Å²) in [5.41, 5.74) is 5.76. The lowest BCUT2D eigenvalue weighted by Crippen LogP contribution is -2.58. The highest BCUT2D eigenvalue weighted by Gasteiger charge is 2.39. The first-order valence-corrected chi connectivity index (χ1v) is 9.52. The lowest BCUT2D eigenvalue weighted by Gasteiger charge is -2.41. The van der Waals surface area contributed by atoms with Crippen molar-refractivity contribution in [1.82, 2.24) is 9.91 Å².